The van der Waals surface area contributed by atoms with E-state index < -0.39 is 10.0 Å². The summed E-state index contributed by atoms with van der Waals surface area (Å²) in [6.07, 6.45) is 1.37. The molecular formula is C22H28N4O4S. The molecule has 0 saturated carbocycles. The van der Waals surface area contributed by atoms with Crippen LogP contribution in [0, 0.1) is 5.92 Å². The number of rotatable bonds is 5. The van der Waals surface area contributed by atoms with Crippen molar-refractivity contribution in [2.45, 2.75) is 51.3 Å². The predicted octanol–water partition coefficient (Wildman–Crippen LogP) is 2.92. The normalized spacial score (nSPS) is 16.7. The molecule has 2 aromatic heterocycles. The molecule has 0 spiro atoms. The molecule has 1 aliphatic heterocycles. The zero-order chi connectivity index (χ0) is 22.2. The largest absolute Gasteiger partial charge is 0.356 e. The average Bonchev–Trinajstić information content (AvgIpc) is 3.11. The Morgan fingerprint density at radius 3 is 2.52 bits per heavy atom. The fraction of sp³-hybridized carbons (Fsp3) is 0.500. The number of hydrogen-bond donors (Lipinski definition) is 0. The lowest BCUT2D eigenvalue weighted by molar-refractivity contribution is 0.243. The van der Waals surface area contributed by atoms with E-state index in [0.717, 1.165) is 11.1 Å². The SMILES string of the molecule is CC(C)(C)c1ccc(=O)n(CC2CCN(S(=O)(=O)Cc3noc4ccccc34)CC2)n1. The molecule has 0 amide bonds. The Hall–Kier alpha value is -2.52. The molecule has 166 valence electrons. The lowest BCUT2D eigenvalue weighted by Gasteiger charge is -2.31. The van der Waals surface area contributed by atoms with Gasteiger partial charge < -0.3 is 4.52 Å². The van der Waals surface area contributed by atoms with E-state index in [2.05, 4.69) is 31.0 Å². The zero-order valence-corrected chi connectivity index (χ0v) is 18.9. The summed E-state index contributed by atoms with van der Waals surface area (Å²) in [5.41, 5.74) is 1.63. The minimum atomic E-state index is -3.50. The van der Waals surface area contributed by atoms with Crippen molar-refractivity contribution in [1.29, 1.82) is 0 Å². The summed E-state index contributed by atoms with van der Waals surface area (Å²) in [6.45, 7) is 7.54. The molecule has 0 unspecified atom stereocenters. The molecule has 0 bridgehead atoms. The lowest BCUT2D eigenvalue weighted by Crippen LogP contribution is -2.41. The van der Waals surface area contributed by atoms with Crippen molar-refractivity contribution in [3.63, 3.8) is 0 Å². The van der Waals surface area contributed by atoms with Gasteiger partial charge in [0.05, 0.1) is 5.69 Å². The Morgan fingerprint density at radius 2 is 1.81 bits per heavy atom. The molecule has 1 aliphatic rings. The monoisotopic (exact) mass is 444 g/mol. The van der Waals surface area contributed by atoms with Gasteiger partial charge in [0.2, 0.25) is 10.0 Å². The van der Waals surface area contributed by atoms with Crippen molar-refractivity contribution < 1.29 is 12.9 Å². The number of piperidine rings is 1. The Kier molecular flexibility index (Phi) is 5.74. The van der Waals surface area contributed by atoms with E-state index in [1.165, 1.54) is 8.99 Å². The van der Waals surface area contributed by atoms with Gasteiger partial charge in [0.25, 0.3) is 5.56 Å². The van der Waals surface area contributed by atoms with E-state index in [1.807, 2.05) is 18.2 Å². The summed E-state index contributed by atoms with van der Waals surface area (Å²) in [4.78, 5) is 12.3. The summed E-state index contributed by atoms with van der Waals surface area (Å²) in [5, 5.41) is 9.22. The van der Waals surface area contributed by atoms with Crippen LogP contribution >= 0.6 is 0 Å². The van der Waals surface area contributed by atoms with Crippen molar-refractivity contribution in [2.24, 2.45) is 5.92 Å². The molecule has 0 N–H and O–H groups in total. The molecule has 0 atom stereocenters. The van der Waals surface area contributed by atoms with Gasteiger partial charge in [-0.1, -0.05) is 38.1 Å². The Bertz CT molecular complexity index is 1230. The summed E-state index contributed by atoms with van der Waals surface area (Å²) < 4.78 is 34.2. The Morgan fingerprint density at radius 1 is 1.10 bits per heavy atom. The van der Waals surface area contributed by atoms with E-state index in [-0.39, 0.29) is 22.6 Å². The third-order valence-electron chi connectivity index (χ3n) is 5.80. The molecule has 1 saturated heterocycles. The molecule has 0 radical (unpaired) electrons. The standard InChI is InChI=1S/C22H28N4O4S/c1-22(2,3)20-8-9-21(27)26(23-20)14-16-10-12-25(13-11-16)31(28,29)15-18-17-6-4-5-7-19(17)30-24-18/h4-9,16H,10-15H2,1-3H3. The summed E-state index contributed by atoms with van der Waals surface area (Å²) in [5.74, 6) is 0.0308. The van der Waals surface area contributed by atoms with Crippen molar-refractivity contribution in [3.8, 4) is 0 Å². The second-order valence-corrected chi connectivity index (χ2v) is 11.2. The quantitative estimate of drug-likeness (QED) is 0.600. The van der Waals surface area contributed by atoms with Gasteiger partial charge in [-0.2, -0.15) is 5.10 Å². The van der Waals surface area contributed by atoms with Crippen LogP contribution in [0.25, 0.3) is 11.0 Å². The molecule has 8 nitrogen and oxygen atoms in total. The second-order valence-electron chi connectivity index (χ2n) is 9.21. The molecule has 1 aromatic carbocycles. The first-order valence-corrected chi connectivity index (χ1v) is 12.1. The predicted molar refractivity (Wildman–Crippen MR) is 118 cm³/mol. The van der Waals surface area contributed by atoms with Crippen LogP contribution in [0.15, 0.2) is 45.7 Å². The van der Waals surface area contributed by atoms with Crippen LogP contribution in [0.3, 0.4) is 0 Å². The van der Waals surface area contributed by atoms with E-state index in [4.69, 9.17) is 4.52 Å². The molecule has 1 fully saturated rings. The number of aromatic nitrogens is 3. The van der Waals surface area contributed by atoms with E-state index in [0.29, 0.717) is 43.8 Å². The maximum absolute atomic E-state index is 12.9. The van der Waals surface area contributed by atoms with Crippen LogP contribution in [-0.4, -0.2) is 40.7 Å². The van der Waals surface area contributed by atoms with Gasteiger partial charge in [0.15, 0.2) is 5.58 Å². The van der Waals surface area contributed by atoms with Gasteiger partial charge in [-0.15, -0.1) is 0 Å². The number of hydrogen-bond acceptors (Lipinski definition) is 6. The van der Waals surface area contributed by atoms with E-state index in [9.17, 15) is 13.2 Å². The van der Waals surface area contributed by atoms with Crippen LogP contribution in [-0.2, 0) is 27.7 Å². The fourth-order valence-corrected chi connectivity index (χ4v) is 5.40. The van der Waals surface area contributed by atoms with Crippen molar-refractivity contribution in [3.05, 3.63) is 58.1 Å². The molecule has 31 heavy (non-hydrogen) atoms. The maximum atomic E-state index is 12.9. The molecule has 4 rings (SSSR count). The first kappa shape index (κ1) is 21.7. The van der Waals surface area contributed by atoms with Crippen LogP contribution in [0.2, 0.25) is 0 Å². The lowest BCUT2D eigenvalue weighted by atomic mass is 9.92. The summed E-state index contributed by atoms with van der Waals surface area (Å²) in [6, 6.07) is 10.6. The third-order valence-corrected chi connectivity index (χ3v) is 7.59. The first-order valence-electron chi connectivity index (χ1n) is 10.5. The Balaban J connectivity index is 1.41. The number of fused-ring (bicyclic) bond motifs is 1. The van der Waals surface area contributed by atoms with E-state index in [1.54, 1.807) is 18.2 Å². The topological polar surface area (TPSA) is 98.3 Å². The minimum Gasteiger partial charge on any atom is -0.356 e. The van der Waals surface area contributed by atoms with Gasteiger partial charge in [0.1, 0.15) is 11.4 Å². The maximum Gasteiger partial charge on any atom is 0.266 e. The van der Waals surface area contributed by atoms with Crippen LogP contribution in [0.5, 0.6) is 0 Å². The summed E-state index contributed by atoms with van der Waals surface area (Å²) >= 11 is 0. The van der Waals surface area contributed by atoms with Crippen LogP contribution in [0.1, 0.15) is 45.0 Å². The van der Waals surface area contributed by atoms with Crippen molar-refractivity contribution >= 4 is 21.0 Å². The number of nitrogens with zero attached hydrogens (tertiary/aromatic N) is 4. The smallest absolute Gasteiger partial charge is 0.266 e. The Labute approximate surface area is 181 Å². The van der Waals surface area contributed by atoms with Gasteiger partial charge in [0, 0.05) is 36.5 Å². The third kappa shape index (κ3) is 4.72. The van der Waals surface area contributed by atoms with Crippen LogP contribution in [0.4, 0.5) is 0 Å². The average molecular weight is 445 g/mol. The number of benzene rings is 1. The molecule has 3 aromatic rings. The molecular weight excluding hydrogens is 416 g/mol. The highest BCUT2D eigenvalue weighted by atomic mass is 32.2. The first-order chi connectivity index (χ1) is 14.6. The van der Waals surface area contributed by atoms with Gasteiger partial charge in [-0.05, 0) is 37.0 Å². The fourth-order valence-electron chi connectivity index (χ4n) is 3.90. The van der Waals surface area contributed by atoms with Gasteiger partial charge in [-0.25, -0.2) is 17.4 Å². The number of sulfonamides is 1. The number of para-hydroxylation sites is 1. The highest BCUT2D eigenvalue weighted by Crippen LogP contribution is 2.25. The molecule has 3 heterocycles. The van der Waals surface area contributed by atoms with Crippen LogP contribution < -0.4 is 5.56 Å². The van der Waals surface area contributed by atoms with Gasteiger partial charge >= 0.3 is 0 Å². The minimum absolute atomic E-state index is 0.124. The summed E-state index contributed by atoms with van der Waals surface area (Å²) in [7, 11) is -3.50. The molecule has 9 heteroatoms. The van der Waals surface area contributed by atoms with Gasteiger partial charge in [-0.3, -0.25) is 4.79 Å². The highest BCUT2D eigenvalue weighted by molar-refractivity contribution is 7.88. The van der Waals surface area contributed by atoms with Crippen molar-refractivity contribution in [2.75, 3.05) is 13.1 Å². The second kappa shape index (κ2) is 8.20. The highest BCUT2D eigenvalue weighted by Gasteiger charge is 2.30. The van der Waals surface area contributed by atoms with E-state index >= 15 is 0 Å². The van der Waals surface area contributed by atoms with Crippen molar-refractivity contribution in [1.82, 2.24) is 19.2 Å². The zero-order valence-electron chi connectivity index (χ0n) is 18.1. The molecule has 0 aliphatic carbocycles.